The number of ether oxygens (including phenoxy) is 1. The van der Waals surface area contributed by atoms with Crippen LogP contribution in [-0.2, 0) is 4.74 Å². The molecule has 0 aromatic heterocycles. The maximum Gasteiger partial charge on any atom is 0.193 e. The number of likely N-dealkylation sites (tertiary alicyclic amines) is 1. The second kappa shape index (κ2) is 7.79. The van der Waals surface area contributed by atoms with Gasteiger partial charge in [0, 0.05) is 45.8 Å². The zero-order valence-corrected chi connectivity index (χ0v) is 14.7. The van der Waals surface area contributed by atoms with Gasteiger partial charge in [-0.15, -0.1) is 24.0 Å². The Labute approximate surface area is 139 Å². The van der Waals surface area contributed by atoms with Crippen LogP contribution in [0.25, 0.3) is 0 Å². The van der Waals surface area contributed by atoms with Gasteiger partial charge in [-0.1, -0.05) is 0 Å². The Kier molecular flexibility index (Phi) is 6.35. The van der Waals surface area contributed by atoms with Crippen LogP contribution in [0.4, 0.5) is 0 Å². The van der Waals surface area contributed by atoms with Gasteiger partial charge in [-0.3, -0.25) is 9.89 Å². The molecule has 1 N–H and O–H groups in total. The molecule has 3 fully saturated rings. The maximum absolute atomic E-state index is 5.44. The van der Waals surface area contributed by atoms with Crippen LogP contribution < -0.4 is 5.32 Å². The minimum Gasteiger partial charge on any atom is -0.379 e. The number of hydrogen-bond acceptors (Lipinski definition) is 3. The molecule has 0 radical (unpaired) electrons. The molecule has 3 aliphatic rings. The first kappa shape index (κ1) is 16.3. The van der Waals surface area contributed by atoms with Gasteiger partial charge < -0.3 is 15.0 Å². The van der Waals surface area contributed by atoms with Crippen LogP contribution in [0, 0.1) is 5.92 Å². The lowest BCUT2D eigenvalue weighted by Crippen LogP contribution is -2.46. The Morgan fingerprint density at radius 3 is 2.60 bits per heavy atom. The van der Waals surface area contributed by atoms with Crippen LogP contribution in [0.5, 0.6) is 0 Å². The average molecular weight is 394 g/mol. The standard InChI is InChI=1S/C14H26N4O.HI/c1-15-14(16-10-12-2-3-12)18-5-4-13(11-18)17-6-8-19-9-7-17;/h12-13H,2-11H2,1H3,(H,15,16);1H. The van der Waals surface area contributed by atoms with E-state index in [2.05, 4.69) is 20.1 Å². The third-order valence-electron chi connectivity index (χ3n) is 4.48. The van der Waals surface area contributed by atoms with Gasteiger partial charge in [0.05, 0.1) is 13.2 Å². The van der Waals surface area contributed by atoms with E-state index >= 15 is 0 Å². The van der Waals surface area contributed by atoms with E-state index in [0.717, 1.165) is 57.8 Å². The molecule has 3 rings (SSSR count). The quantitative estimate of drug-likeness (QED) is 0.441. The summed E-state index contributed by atoms with van der Waals surface area (Å²) in [6.45, 7) is 7.32. The minimum absolute atomic E-state index is 0. The predicted molar refractivity (Wildman–Crippen MR) is 91.9 cm³/mol. The summed E-state index contributed by atoms with van der Waals surface area (Å²) in [5.41, 5.74) is 0. The van der Waals surface area contributed by atoms with Gasteiger partial charge in [-0.2, -0.15) is 0 Å². The highest BCUT2D eigenvalue weighted by atomic mass is 127. The monoisotopic (exact) mass is 394 g/mol. The van der Waals surface area contributed by atoms with Crippen molar-refractivity contribution in [1.29, 1.82) is 0 Å². The lowest BCUT2D eigenvalue weighted by molar-refractivity contribution is 0.0195. The van der Waals surface area contributed by atoms with Crippen LogP contribution in [-0.4, -0.2) is 74.8 Å². The number of hydrogen-bond donors (Lipinski definition) is 1. The van der Waals surface area contributed by atoms with Gasteiger partial charge in [0.25, 0.3) is 0 Å². The smallest absolute Gasteiger partial charge is 0.193 e. The van der Waals surface area contributed by atoms with E-state index < -0.39 is 0 Å². The highest BCUT2D eigenvalue weighted by molar-refractivity contribution is 14.0. The summed E-state index contributed by atoms with van der Waals surface area (Å²) in [6, 6.07) is 0.684. The van der Waals surface area contributed by atoms with Crippen molar-refractivity contribution in [3.63, 3.8) is 0 Å². The number of nitrogens with zero attached hydrogens (tertiary/aromatic N) is 3. The van der Waals surface area contributed by atoms with Crippen LogP contribution in [0.15, 0.2) is 4.99 Å². The summed E-state index contributed by atoms with van der Waals surface area (Å²) in [4.78, 5) is 9.44. The van der Waals surface area contributed by atoms with Crippen LogP contribution in [0.2, 0.25) is 0 Å². The van der Waals surface area contributed by atoms with E-state index in [9.17, 15) is 0 Å². The fraction of sp³-hybridized carbons (Fsp3) is 0.929. The number of guanidine groups is 1. The van der Waals surface area contributed by atoms with Gasteiger partial charge in [-0.05, 0) is 25.2 Å². The molecule has 0 aromatic rings. The van der Waals surface area contributed by atoms with Gasteiger partial charge >= 0.3 is 0 Å². The van der Waals surface area contributed by atoms with Gasteiger partial charge in [0.15, 0.2) is 5.96 Å². The van der Waals surface area contributed by atoms with E-state index in [-0.39, 0.29) is 24.0 Å². The van der Waals surface area contributed by atoms with Crippen molar-refractivity contribution in [2.75, 3.05) is 53.0 Å². The lowest BCUT2D eigenvalue weighted by atomic mass is 10.2. The fourth-order valence-corrected chi connectivity index (χ4v) is 3.06. The molecule has 1 aliphatic carbocycles. The Hall–Kier alpha value is -0.0800. The van der Waals surface area contributed by atoms with Crippen LogP contribution in [0.1, 0.15) is 19.3 Å². The molecule has 0 spiro atoms. The Bertz CT molecular complexity index is 329. The number of halogens is 1. The molecule has 5 nitrogen and oxygen atoms in total. The Morgan fingerprint density at radius 2 is 1.95 bits per heavy atom. The maximum atomic E-state index is 5.44. The molecule has 6 heteroatoms. The zero-order chi connectivity index (χ0) is 13.1. The second-order valence-corrected chi connectivity index (χ2v) is 5.91. The van der Waals surface area contributed by atoms with Crippen molar-refractivity contribution in [2.24, 2.45) is 10.9 Å². The predicted octanol–water partition coefficient (Wildman–Crippen LogP) is 0.996. The molecule has 2 aliphatic heterocycles. The van der Waals surface area contributed by atoms with Crippen LogP contribution >= 0.6 is 24.0 Å². The summed E-state index contributed by atoms with van der Waals surface area (Å²) < 4.78 is 5.44. The topological polar surface area (TPSA) is 40.1 Å². The first-order chi connectivity index (χ1) is 9.36. The van der Waals surface area contributed by atoms with Crippen molar-refractivity contribution < 1.29 is 4.74 Å². The Balaban J connectivity index is 0.00000147. The molecular formula is C14H27IN4O. The number of rotatable bonds is 3. The highest BCUT2D eigenvalue weighted by Crippen LogP contribution is 2.27. The van der Waals surface area contributed by atoms with Crippen molar-refractivity contribution in [3.05, 3.63) is 0 Å². The van der Waals surface area contributed by atoms with E-state index in [1.54, 1.807) is 0 Å². The van der Waals surface area contributed by atoms with E-state index in [0.29, 0.717) is 6.04 Å². The fourth-order valence-electron chi connectivity index (χ4n) is 3.06. The molecule has 0 bridgehead atoms. The summed E-state index contributed by atoms with van der Waals surface area (Å²) in [7, 11) is 1.90. The average Bonchev–Trinajstić information content (AvgIpc) is 3.16. The summed E-state index contributed by atoms with van der Waals surface area (Å²) in [6.07, 6.45) is 4.03. The first-order valence-corrected chi connectivity index (χ1v) is 7.64. The molecule has 0 aromatic carbocycles. The number of nitrogens with one attached hydrogen (secondary N) is 1. The first-order valence-electron chi connectivity index (χ1n) is 7.64. The largest absolute Gasteiger partial charge is 0.379 e. The van der Waals surface area contributed by atoms with Gasteiger partial charge in [0.2, 0.25) is 0 Å². The number of aliphatic imine (C=N–C) groups is 1. The minimum atomic E-state index is 0. The Morgan fingerprint density at radius 1 is 1.20 bits per heavy atom. The van der Waals surface area contributed by atoms with Crippen LogP contribution in [0.3, 0.4) is 0 Å². The molecule has 0 amide bonds. The molecule has 116 valence electrons. The summed E-state index contributed by atoms with van der Waals surface area (Å²) in [5.74, 6) is 2.00. The molecule has 2 heterocycles. The van der Waals surface area contributed by atoms with Crippen molar-refractivity contribution in [3.8, 4) is 0 Å². The van der Waals surface area contributed by atoms with Crippen molar-refractivity contribution in [2.45, 2.75) is 25.3 Å². The van der Waals surface area contributed by atoms with Crippen molar-refractivity contribution in [1.82, 2.24) is 15.1 Å². The highest BCUT2D eigenvalue weighted by Gasteiger charge is 2.30. The SMILES string of the molecule is CN=C(NCC1CC1)N1CCC(N2CCOCC2)C1.I. The molecular weight excluding hydrogens is 367 g/mol. The van der Waals surface area contributed by atoms with E-state index in [1.165, 1.54) is 19.3 Å². The van der Waals surface area contributed by atoms with Crippen molar-refractivity contribution >= 4 is 29.9 Å². The second-order valence-electron chi connectivity index (χ2n) is 5.91. The summed E-state index contributed by atoms with van der Waals surface area (Å²) in [5, 5.41) is 3.53. The molecule has 2 saturated heterocycles. The van der Waals surface area contributed by atoms with Gasteiger partial charge in [-0.25, -0.2) is 0 Å². The lowest BCUT2D eigenvalue weighted by Gasteiger charge is -2.32. The zero-order valence-electron chi connectivity index (χ0n) is 12.4. The summed E-state index contributed by atoms with van der Waals surface area (Å²) >= 11 is 0. The van der Waals surface area contributed by atoms with Gasteiger partial charge in [0.1, 0.15) is 0 Å². The molecule has 1 saturated carbocycles. The third-order valence-corrected chi connectivity index (χ3v) is 4.48. The normalized spacial score (nSPS) is 28.4. The van der Waals surface area contributed by atoms with E-state index in [1.807, 2.05) is 7.05 Å². The molecule has 1 unspecified atom stereocenters. The number of morpholine rings is 1. The molecule has 20 heavy (non-hydrogen) atoms. The third kappa shape index (κ3) is 4.21. The molecule has 1 atom stereocenters. The van der Waals surface area contributed by atoms with E-state index in [4.69, 9.17) is 4.74 Å².